The molecule has 8 heteroatoms. The maximum atomic E-state index is 12.5. The molecule has 2 N–H and O–H groups in total. The summed E-state index contributed by atoms with van der Waals surface area (Å²) in [6, 6.07) is 0. The second-order valence-corrected chi connectivity index (χ2v) is 11.2. The van der Waals surface area contributed by atoms with Crippen LogP contribution in [0.25, 0.3) is 0 Å². The van der Waals surface area contributed by atoms with Gasteiger partial charge < -0.3 is 24.4 Å². The first-order valence-electron chi connectivity index (χ1n) is 12.3. The molecule has 8 atom stereocenters. The van der Waals surface area contributed by atoms with Crippen molar-refractivity contribution in [3.8, 4) is 0 Å². The van der Waals surface area contributed by atoms with Crippen LogP contribution in [0.1, 0.15) is 78.6 Å². The molecule has 0 aromatic heterocycles. The zero-order valence-corrected chi connectivity index (χ0v) is 20.2. The van der Waals surface area contributed by atoms with Crippen molar-refractivity contribution in [1.82, 2.24) is 0 Å². The minimum Gasteiger partial charge on any atom is -0.469 e. The Morgan fingerprint density at radius 3 is 2.24 bits per heavy atom. The van der Waals surface area contributed by atoms with E-state index in [1.165, 1.54) is 21.0 Å². The average Bonchev–Trinajstić information content (AvgIpc) is 3.02. The summed E-state index contributed by atoms with van der Waals surface area (Å²) in [5.74, 6) is -1.57. The molecule has 0 saturated heterocycles. The summed E-state index contributed by atoms with van der Waals surface area (Å²) < 4.78 is 16.1. The fourth-order valence-electron chi connectivity index (χ4n) is 8.37. The van der Waals surface area contributed by atoms with E-state index in [4.69, 9.17) is 14.2 Å². The largest absolute Gasteiger partial charge is 0.469 e. The molecule has 4 aliphatic carbocycles. The van der Waals surface area contributed by atoms with E-state index < -0.39 is 28.0 Å². The van der Waals surface area contributed by atoms with Gasteiger partial charge in [0.1, 0.15) is 6.10 Å². The zero-order chi connectivity index (χ0) is 24.2. The van der Waals surface area contributed by atoms with E-state index >= 15 is 0 Å². The quantitative estimate of drug-likeness (QED) is 0.479. The monoisotopic (exact) mass is 466 g/mol. The Morgan fingerprint density at radius 1 is 0.909 bits per heavy atom. The molecule has 33 heavy (non-hydrogen) atoms. The predicted octanol–water partition coefficient (Wildman–Crippen LogP) is 2.52. The van der Waals surface area contributed by atoms with Crippen molar-refractivity contribution in [3.63, 3.8) is 0 Å². The molecule has 4 aliphatic rings. The summed E-state index contributed by atoms with van der Waals surface area (Å²) in [5, 5.41) is 24.2. The van der Waals surface area contributed by atoms with Crippen LogP contribution in [-0.2, 0) is 28.6 Å². The smallest absolute Gasteiger partial charge is 0.309 e. The van der Waals surface area contributed by atoms with Crippen molar-refractivity contribution >= 4 is 17.9 Å². The van der Waals surface area contributed by atoms with Crippen LogP contribution in [0.4, 0.5) is 0 Å². The molecule has 0 amide bonds. The standard InChI is InChI=1S/C25H38O8/c1-15(26)32-14-23-10-5-17(33-16(2)27)13-24(23,29)11-7-19-18(23)6-9-22(3)20(21(28)31-4)8-12-25(19,22)30/h17-20,29-30H,5-14H2,1-4H3/t17-,18+,19-,20-,22+,23-,24+,25-/m0/s1. The van der Waals surface area contributed by atoms with Gasteiger partial charge in [0.05, 0.1) is 30.8 Å². The van der Waals surface area contributed by atoms with Crippen LogP contribution in [0.3, 0.4) is 0 Å². The number of hydrogen-bond donors (Lipinski definition) is 2. The van der Waals surface area contributed by atoms with E-state index in [1.807, 2.05) is 6.92 Å². The molecule has 4 fully saturated rings. The van der Waals surface area contributed by atoms with Gasteiger partial charge in [-0.2, -0.15) is 0 Å². The lowest BCUT2D eigenvalue weighted by molar-refractivity contribution is -0.272. The first kappa shape index (κ1) is 24.5. The number of rotatable bonds is 4. The van der Waals surface area contributed by atoms with Gasteiger partial charge in [0.2, 0.25) is 0 Å². The molecule has 0 aliphatic heterocycles. The van der Waals surface area contributed by atoms with Crippen LogP contribution in [0.5, 0.6) is 0 Å². The van der Waals surface area contributed by atoms with Gasteiger partial charge in [-0.25, -0.2) is 0 Å². The minimum absolute atomic E-state index is 0.0663. The maximum absolute atomic E-state index is 12.5. The Balaban J connectivity index is 1.70. The number of carbonyl (C=O) groups excluding carboxylic acids is 3. The minimum atomic E-state index is -1.16. The number of esters is 3. The fourth-order valence-corrected chi connectivity index (χ4v) is 8.37. The van der Waals surface area contributed by atoms with E-state index in [9.17, 15) is 24.6 Å². The topological polar surface area (TPSA) is 119 Å². The lowest BCUT2D eigenvalue weighted by Crippen LogP contribution is -2.69. The number of aliphatic hydroxyl groups is 2. The van der Waals surface area contributed by atoms with E-state index in [0.717, 1.165) is 6.42 Å². The van der Waals surface area contributed by atoms with Crippen molar-refractivity contribution in [1.29, 1.82) is 0 Å². The molecule has 0 aromatic carbocycles. The van der Waals surface area contributed by atoms with Crippen molar-refractivity contribution in [3.05, 3.63) is 0 Å². The van der Waals surface area contributed by atoms with Gasteiger partial charge in [-0.05, 0) is 63.2 Å². The zero-order valence-electron chi connectivity index (χ0n) is 20.2. The van der Waals surface area contributed by atoms with E-state index in [1.54, 1.807) is 0 Å². The Bertz CT molecular complexity index is 827. The lowest BCUT2D eigenvalue weighted by Gasteiger charge is -2.66. The Morgan fingerprint density at radius 2 is 1.61 bits per heavy atom. The van der Waals surface area contributed by atoms with Crippen LogP contribution < -0.4 is 0 Å². The Kier molecular flexibility index (Phi) is 6.09. The van der Waals surface area contributed by atoms with Crippen LogP contribution in [-0.4, -0.2) is 59.1 Å². The average molecular weight is 467 g/mol. The maximum Gasteiger partial charge on any atom is 0.309 e. The Labute approximate surface area is 195 Å². The highest BCUT2D eigenvalue weighted by Crippen LogP contribution is 2.70. The third-order valence-corrected chi connectivity index (χ3v) is 9.98. The molecule has 0 aromatic rings. The molecule has 0 unspecified atom stereocenters. The normalized spacial score (nSPS) is 46.4. The highest BCUT2D eigenvalue weighted by atomic mass is 16.5. The molecule has 186 valence electrons. The van der Waals surface area contributed by atoms with Crippen molar-refractivity contribution in [2.75, 3.05) is 13.7 Å². The van der Waals surface area contributed by atoms with E-state index in [0.29, 0.717) is 51.4 Å². The third-order valence-electron chi connectivity index (χ3n) is 9.98. The third kappa shape index (κ3) is 3.51. The summed E-state index contributed by atoms with van der Waals surface area (Å²) in [4.78, 5) is 35.9. The highest BCUT2D eigenvalue weighted by molar-refractivity contribution is 5.74. The van der Waals surface area contributed by atoms with Crippen molar-refractivity contribution < 1.29 is 38.8 Å². The Hall–Kier alpha value is -1.67. The van der Waals surface area contributed by atoms with Crippen LogP contribution in [0, 0.1) is 28.6 Å². The second kappa shape index (κ2) is 8.22. The SMILES string of the molecule is COC(=O)[C@@H]1CC[C@]2(O)[C@H]3CC[C@@]4(O)C[C@@H](OC(C)=O)CC[C@]4(COC(C)=O)[C@@H]3CC[C@]12C. The van der Waals surface area contributed by atoms with Gasteiger partial charge in [-0.15, -0.1) is 0 Å². The van der Waals surface area contributed by atoms with Gasteiger partial charge in [-0.1, -0.05) is 6.92 Å². The molecule has 4 rings (SSSR count). The summed E-state index contributed by atoms with van der Waals surface area (Å²) >= 11 is 0. The molecule has 0 spiro atoms. The first-order chi connectivity index (χ1) is 15.4. The van der Waals surface area contributed by atoms with Crippen molar-refractivity contribution in [2.24, 2.45) is 28.6 Å². The number of fused-ring (bicyclic) bond motifs is 5. The summed E-state index contributed by atoms with van der Waals surface area (Å²) in [6.45, 7) is 4.83. The van der Waals surface area contributed by atoms with Gasteiger partial charge >= 0.3 is 17.9 Å². The lowest BCUT2D eigenvalue weighted by atomic mass is 9.41. The highest BCUT2D eigenvalue weighted by Gasteiger charge is 2.72. The second-order valence-electron chi connectivity index (χ2n) is 11.2. The fraction of sp³-hybridized carbons (Fsp3) is 0.880. The van der Waals surface area contributed by atoms with E-state index in [-0.39, 0.29) is 42.4 Å². The van der Waals surface area contributed by atoms with Gasteiger partial charge in [0, 0.05) is 31.1 Å². The molecule has 4 saturated carbocycles. The number of hydrogen-bond acceptors (Lipinski definition) is 8. The van der Waals surface area contributed by atoms with Crippen LogP contribution in [0.2, 0.25) is 0 Å². The number of carbonyl (C=O) groups is 3. The molecule has 0 heterocycles. The van der Waals surface area contributed by atoms with Crippen molar-refractivity contribution in [2.45, 2.75) is 95.9 Å². The summed E-state index contributed by atoms with van der Waals surface area (Å²) in [5.41, 5.74) is -3.52. The first-order valence-corrected chi connectivity index (χ1v) is 12.3. The number of ether oxygens (including phenoxy) is 3. The molecule has 0 radical (unpaired) electrons. The van der Waals surface area contributed by atoms with Gasteiger partial charge in [0.15, 0.2) is 0 Å². The number of methoxy groups -OCH3 is 1. The van der Waals surface area contributed by atoms with Crippen LogP contribution in [0.15, 0.2) is 0 Å². The molecular formula is C25H38O8. The predicted molar refractivity (Wildman–Crippen MR) is 117 cm³/mol. The van der Waals surface area contributed by atoms with Gasteiger partial charge in [0.25, 0.3) is 0 Å². The molecule has 0 bridgehead atoms. The van der Waals surface area contributed by atoms with Gasteiger partial charge in [-0.3, -0.25) is 14.4 Å². The van der Waals surface area contributed by atoms with E-state index in [2.05, 4.69) is 0 Å². The van der Waals surface area contributed by atoms with Crippen LogP contribution >= 0.6 is 0 Å². The summed E-state index contributed by atoms with van der Waals surface area (Å²) in [7, 11) is 1.39. The molecule has 8 nitrogen and oxygen atoms in total. The molecular weight excluding hydrogens is 428 g/mol. The summed E-state index contributed by atoms with van der Waals surface area (Å²) in [6.07, 6.45) is 4.54.